The van der Waals surface area contributed by atoms with Crippen molar-refractivity contribution in [2.45, 2.75) is 11.4 Å². The minimum atomic E-state index is -0.145. The number of nitrogens with zero attached hydrogens (tertiary/aromatic N) is 1. The van der Waals surface area contributed by atoms with Gasteiger partial charge in [-0.2, -0.15) is 0 Å². The van der Waals surface area contributed by atoms with Gasteiger partial charge in [0.2, 0.25) is 5.91 Å². The monoisotopic (exact) mass is 299 g/mol. The Morgan fingerprint density at radius 3 is 2.90 bits per heavy atom. The second kappa shape index (κ2) is 5.97. The van der Waals surface area contributed by atoms with Gasteiger partial charge in [-0.15, -0.1) is 11.8 Å². The van der Waals surface area contributed by atoms with Gasteiger partial charge in [-0.05, 0) is 29.8 Å². The number of carbonyl (C=O) groups is 2. The first-order valence-corrected chi connectivity index (χ1v) is 7.45. The van der Waals surface area contributed by atoms with Crippen LogP contribution in [0.25, 0.3) is 0 Å². The van der Waals surface area contributed by atoms with Crippen LogP contribution in [0.3, 0.4) is 0 Å². The molecule has 0 aliphatic carbocycles. The minimum absolute atomic E-state index is 0.00507. The van der Waals surface area contributed by atoms with E-state index in [0.29, 0.717) is 17.9 Å². The van der Waals surface area contributed by atoms with Gasteiger partial charge in [-0.3, -0.25) is 14.6 Å². The van der Waals surface area contributed by atoms with E-state index in [1.165, 1.54) is 11.8 Å². The van der Waals surface area contributed by atoms with E-state index in [2.05, 4.69) is 15.6 Å². The Bertz CT molecular complexity index is 689. The van der Waals surface area contributed by atoms with E-state index in [9.17, 15) is 9.59 Å². The number of carbonyl (C=O) groups excluding carboxylic acids is 2. The lowest BCUT2D eigenvalue weighted by Gasteiger charge is -2.17. The van der Waals surface area contributed by atoms with Crippen LogP contribution in [-0.4, -0.2) is 22.6 Å². The van der Waals surface area contributed by atoms with E-state index in [0.717, 1.165) is 16.1 Å². The summed E-state index contributed by atoms with van der Waals surface area (Å²) in [7, 11) is 0. The molecule has 0 unspecified atom stereocenters. The lowest BCUT2D eigenvalue weighted by atomic mass is 10.2. The van der Waals surface area contributed by atoms with E-state index < -0.39 is 0 Å². The number of hydrogen-bond acceptors (Lipinski definition) is 4. The van der Waals surface area contributed by atoms with Crippen LogP contribution in [0.5, 0.6) is 0 Å². The summed E-state index contributed by atoms with van der Waals surface area (Å²) in [6, 6.07) is 9.15. The largest absolute Gasteiger partial charge is 0.348 e. The van der Waals surface area contributed by atoms with Crippen LogP contribution in [0.1, 0.15) is 15.9 Å². The molecule has 0 saturated heterocycles. The molecule has 2 heterocycles. The second-order valence-corrected chi connectivity index (χ2v) is 5.60. The van der Waals surface area contributed by atoms with Gasteiger partial charge in [0, 0.05) is 29.4 Å². The first kappa shape index (κ1) is 13.6. The number of aromatic nitrogens is 1. The molecule has 0 fully saturated rings. The molecular formula is C15H13N3O2S. The van der Waals surface area contributed by atoms with Crippen LogP contribution < -0.4 is 10.6 Å². The van der Waals surface area contributed by atoms with E-state index in [1.807, 2.05) is 18.2 Å². The van der Waals surface area contributed by atoms with Crippen molar-refractivity contribution in [3.8, 4) is 0 Å². The van der Waals surface area contributed by atoms with Gasteiger partial charge in [0.25, 0.3) is 5.91 Å². The number of nitrogens with one attached hydrogen (secondary N) is 2. The standard InChI is InChI=1S/C15H13N3O2S/c19-14-9-21-13-2-1-10(7-12(13)18-14)8-17-15(20)11-3-5-16-6-4-11/h1-7H,8-9H2,(H,17,20)(H,18,19). The average Bonchev–Trinajstić information content (AvgIpc) is 2.53. The van der Waals surface area contributed by atoms with Crippen LogP contribution in [-0.2, 0) is 11.3 Å². The maximum absolute atomic E-state index is 11.9. The van der Waals surface area contributed by atoms with Gasteiger partial charge < -0.3 is 10.6 Å². The molecule has 0 atom stereocenters. The summed E-state index contributed by atoms with van der Waals surface area (Å²) in [6.07, 6.45) is 3.17. The van der Waals surface area contributed by atoms with Crippen molar-refractivity contribution < 1.29 is 9.59 Å². The average molecular weight is 299 g/mol. The van der Waals surface area contributed by atoms with Crippen molar-refractivity contribution in [1.82, 2.24) is 10.3 Å². The third-order valence-corrected chi connectivity index (χ3v) is 4.15. The summed E-state index contributed by atoms with van der Waals surface area (Å²) in [5, 5.41) is 5.69. The first-order chi connectivity index (χ1) is 10.2. The molecule has 0 radical (unpaired) electrons. The fraction of sp³-hybridized carbons (Fsp3) is 0.133. The third kappa shape index (κ3) is 3.22. The van der Waals surface area contributed by atoms with E-state index in [-0.39, 0.29) is 11.8 Å². The van der Waals surface area contributed by atoms with Crippen molar-refractivity contribution in [3.63, 3.8) is 0 Å². The summed E-state index contributed by atoms with van der Waals surface area (Å²) in [4.78, 5) is 28.3. The lowest BCUT2D eigenvalue weighted by molar-refractivity contribution is -0.113. The molecule has 1 aromatic heterocycles. The molecule has 1 aromatic carbocycles. The predicted octanol–water partition coefficient (Wildman–Crippen LogP) is 2.06. The predicted molar refractivity (Wildman–Crippen MR) is 81.2 cm³/mol. The molecule has 0 bridgehead atoms. The van der Waals surface area contributed by atoms with Gasteiger partial charge in [0.15, 0.2) is 0 Å². The highest BCUT2D eigenvalue weighted by Crippen LogP contribution is 2.31. The Hall–Kier alpha value is -2.34. The molecule has 3 rings (SSSR count). The lowest BCUT2D eigenvalue weighted by Crippen LogP contribution is -2.23. The molecule has 21 heavy (non-hydrogen) atoms. The van der Waals surface area contributed by atoms with Crippen molar-refractivity contribution >= 4 is 29.3 Å². The van der Waals surface area contributed by atoms with Crippen molar-refractivity contribution in [2.24, 2.45) is 0 Å². The Morgan fingerprint density at radius 1 is 1.29 bits per heavy atom. The quantitative estimate of drug-likeness (QED) is 0.910. The normalized spacial score (nSPS) is 13.2. The topological polar surface area (TPSA) is 71.1 Å². The molecule has 6 heteroatoms. The fourth-order valence-electron chi connectivity index (χ4n) is 2.03. The maximum Gasteiger partial charge on any atom is 0.251 e. The first-order valence-electron chi connectivity index (χ1n) is 6.46. The SMILES string of the molecule is O=C1CSc2ccc(CNC(=O)c3ccncc3)cc2N1. The Balaban J connectivity index is 1.67. The zero-order valence-electron chi connectivity index (χ0n) is 11.1. The Kier molecular flexibility index (Phi) is 3.87. The minimum Gasteiger partial charge on any atom is -0.348 e. The van der Waals surface area contributed by atoms with Gasteiger partial charge in [-0.25, -0.2) is 0 Å². The molecular weight excluding hydrogens is 286 g/mol. The Labute approximate surface area is 126 Å². The van der Waals surface area contributed by atoms with E-state index >= 15 is 0 Å². The van der Waals surface area contributed by atoms with Crippen LogP contribution in [0, 0.1) is 0 Å². The summed E-state index contributed by atoms with van der Waals surface area (Å²) in [5.74, 6) is 0.310. The fourth-order valence-corrected chi connectivity index (χ4v) is 2.82. The molecule has 2 amide bonds. The molecule has 0 spiro atoms. The number of hydrogen-bond donors (Lipinski definition) is 2. The third-order valence-electron chi connectivity index (χ3n) is 3.07. The number of pyridine rings is 1. The number of anilines is 1. The number of thioether (sulfide) groups is 1. The molecule has 106 valence electrons. The van der Waals surface area contributed by atoms with E-state index in [4.69, 9.17) is 0 Å². The highest BCUT2D eigenvalue weighted by Gasteiger charge is 2.15. The van der Waals surface area contributed by atoms with Gasteiger partial charge in [0.05, 0.1) is 11.4 Å². The van der Waals surface area contributed by atoms with Gasteiger partial charge >= 0.3 is 0 Å². The number of benzene rings is 1. The van der Waals surface area contributed by atoms with Crippen LogP contribution in [0.15, 0.2) is 47.6 Å². The van der Waals surface area contributed by atoms with Crippen molar-refractivity contribution in [2.75, 3.05) is 11.1 Å². The second-order valence-electron chi connectivity index (χ2n) is 4.59. The van der Waals surface area contributed by atoms with Crippen molar-refractivity contribution in [1.29, 1.82) is 0 Å². The van der Waals surface area contributed by atoms with Gasteiger partial charge in [-0.1, -0.05) is 6.07 Å². The van der Waals surface area contributed by atoms with Crippen molar-refractivity contribution in [3.05, 3.63) is 53.9 Å². The summed E-state index contributed by atoms with van der Waals surface area (Å²) in [5.41, 5.74) is 2.33. The van der Waals surface area contributed by atoms with Gasteiger partial charge in [0.1, 0.15) is 0 Å². The maximum atomic E-state index is 11.9. The smallest absolute Gasteiger partial charge is 0.251 e. The summed E-state index contributed by atoms with van der Waals surface area (Å²) >= 11 is 1.52. The highest BCUT2D eigenvalue weighted by molar-refractivity contribution is 8.00. The number of rotatable bonds is 3. The molecule has 0 saturated carbocycles. The molecule has 1 aliphatic rings. The van der Waals surface area contributed by atoms with E-state index in [1.54, 1.807) is 24.5 Å². The molecule has 5 nitrogen and oxygen atoms in total. The Morgan fingerprint density at radius 2 is 2.10 bits per heavy atom. The van der Waals surface area contributed by atoms with Crippen LogP contribution in [0.4, 0.5) is 5.69 Å². The molecule has 2 aromatic rings. The molecule has 1 aliphatic heterocycles. The summed E-state index contributed by atoms with van der Waals surface area (Å²) in [6.45, 7) is 0.412. The number of amides is 2. The van der Waals surface area contributed by atoms with Crippen LogP contribution in [0.2, 0.25) is 0 Å². The zero-order chi connectivity index (χ0) is 14.7. The number of fused-ring (bicyclic) bond motifs is 1. The molecule has 2 N–H and O–H groups in total. The summed E-state index contributed by atoms with van der Waals surface area (Å²) < 4.78 is 0. The zero-order valence-corrected chi connectivity index (χ0v) is 11.9. The van der Waals surface area contributed by atoms with Crippen LogP contribution >= 0.6 is 11.8 Å². The highest BCUT2D eigenvalue weighted by atomic mass is 32.2.